The molecular formula is C19H18N2O. The monoisotopic (exact) mass is 290 g/mol. The minimum absolute atomic E-state index is 0.588. The van der Waals surface area contributed by atoms with E-state index in [9.17, 15) is 0 Å². The Kier molecular flexibility index (Phi) is 4.67. The van der Waals surface area contributed by atoms with E-state index in [2.05, 4.69) is 22.4 Å². The minimum Gasteiger partial charge on any atom is -0.489 e. The van der Waals surface area contributed by atoms with E-state index in [1.165, 1.54) is 11.1 Å². The summed E-state index contributed by atoms with van der Waals surface area (Å²) in [5.41, 5.74) is 3.45. The zero-order valence-electron chi connectivity index (χ0n) is 12.3. The van der Waals surface area contributed by atoms with E-state index in [1.807, 2.05) is 54.6 Å². The summed E-state index contributed by atoms with van der Waals surface area (Å²) in [7, 11) is 0. The Morgan fingerprint density at radius 3 is 2.23 bits per heavy atom. The number of anilines is 1. The average molecular weight is 290 g/mol. The molecule has 0 radical (unpaired) electrons. The van der Waals surface area contributed by atoms with E-state index >= 15 is 0 Å². The number of aromatic nitrogens is 1. The lowest BCUT2D eigenvalue weighted by Gasteiger charge is -2.09. The first-order valence-electron chi connectivity index (χ1n) is 7.30. The molecule has 3 rings (SSSR count). The van der Waals surface area contributed by atoms with Gasteiger partial charge in [-0.3, -0.25) is 4.98 Å². The van der Waals surface area contributed by atoms with Gasteiger partial charge in [-0.05, 0) is 47.5 Å². The quantitative estimate of drug-likeness (QED) is 0.736. The van der Waals surface area contributed by atoms with Gasteiger partial charge < -0.3 is 10.1 Å². The van der Waals surface area contributed by atoms with Crippen LogP contribution >= 0.6 is 0 Å². The highest BCUT2D eigenvalue weighted by molar-refractivity contribution is 5.46. The Morgan fingerprint density at radius 2 is 1.50 bits per heavy atom. The summed E-state index contributed by atoms with van der Waals surface area (Å²) in [5.74, 6) is 0.873. The summed E-state index contributed by atoms with van der Waals surface area (Å²) < 4.78 is 5.77. The number of pyridine rings is 1. The van der Waals surface area contributed by atoms with Gasteiger partial charge in [-0.15, -0.1) is 0 Å². The molecule has 0 aliphatic heterocycles. The summed E-state index contributed by atoms with van der Waals surface area (Å²) in [6, 6.07) is 22.2. The summed E-state index contributed by atoms with van der Waals surface area (Å²) in [5, 5.41) is 3.38. The summed E-state index contributed by atoms with van der Waals surface area (Å²) >= 11 is 0. The highest BCUT2D eigenvalue weighted by Crippen LogP contribution is 2.17. The molecule has 0 aliphatic rings. The van der Waals surface area contributed by atoms with E-state index in [-0.39, 0.29) is 0 Å². The smallest absolute Gasteiger partial charge is 0.119 e. The largest absolute Gasteiger partial charge is 0.489 e. The minimum atomic E-state index is 0.588. The van der Waals surface area contributed by atoms with Crippen molar-refractivity contribution in [2.75, 3.05) is 5.32 Å². The average Bonchev–Trinajstić information content (AvgIpc) is 2.61. The van der Waals surface area contributed by atoms with Crippen LogP contribution in [0.3, 0.4) is 0 Å². The molecule has 0 fully saturated rings. The molecule has 0 saturated carbocycles. The molecule has 3 aromatic rings. The number of hydrogen-bond donors (Lipinski definition) is 1. The molecule has 1 aromatic heterocycles. The van der Waals surface area contributed by atoms with Crippen LogP contribution in [-0.2, 0) is 13.2 Å². The molecule has 1 heterocycles. The van der Waals surface area contributed by atoms with Gasteiger partial charge in [0.1, 0.15) is 12.4 Å². The zero-order valence-corrected chi connectivity index (χ0v) is 12.3. The van der Waals surface area contributed by atoms with Gasteiger partial charge in [0.05, 0.1) is 0 Å². The van der Waals surface area contributed by atoms with Crippen LogP contribution in [-0.4, -0.2) is 4.98 Å². The normalized spacial score (nSPS) is 10.2. The first-order valence-corrected chi connectivity index (χ1v) is 7.30. The Balaban J connectivity index is 1.52. The van der Waals surface area contributed by atoms with Crippen LogP contribution < -0.4 is 10.1 Å². The Bertz CT molecular complexity index is 619. The predicted molar refractivity (Wildman–Crippen MR) is 88.8 cm³/mol. The molecule has 0 unspecified atom stereocenters. The van der Waals surface area contributed by atoms with Crippen molar-refractivity contribution in [3.05, 3.63) is 90.3 Å². The van der Waals surface area contributed by atoms with E-state index in [0.717, 1.165) is 18.0 Å². The molecule has 2 aromatic carbocycles. The van der Waals surface area contributed by atoms with Crippen molar-refractivity contribution in [2.45, 2.75) is 13.2 Å². The number of ether oxygens (including phenoxy) is 1. The first kappa shape index (κ1) is 14.1. The van der Waals surface area contributed by atoms with Gasteiger partial charge in [0.15, 0.2) is 0 Å². The topological polar surface area (TPSA) is 34.1 Å². The fourth-order valence-corrected chi connectivity index (χ4v) is 2.11. The second kappa shape index (κ2) is 7.27. The molecular weight excluding hydrogens is 272 g/mol. The second-order valence-corrected chi connectivity index (χ2v) is 5.01. The summed E-state index contributed by atoms with van der Waals surface area (Å²) in [6.45, 7) is 1.37. The van der Waals surface area contributed by atoms with Gasteiger partial charge in [0.25, 0.3) is 0 Å². The highest BCUT2D eigenvalue weighted by Gasteiger charge is 1.97. The van der Waals surface area contributed by atoms with Crippen LogP contribution in [0.1, 0.15) is 11.1 Å². The van der Waals surface area contributed by atoms with Crippen molar-refractivity contribution < 1.29 is 4.74 Å². The van der Waals surface area contributed by atoms with Crippen LogP contribution in [0.5, 0.6) is 5.75 Å². The lowest BCUT2D eigenvalue weighted by atomic mass is 10.2. The fourth-order valence-electron chi connectivity index (χ4n) is 2.11. The van der Waals surface area contributed by atoms with Crippen molar-refractivity contribution in [3.63, 3.8) is 0 Å². The predicted octanol–water partition coefficient (Wildman–Crippen LogP) is 4.27. The molecule has 3 nitrogen and oxygen atoms in total. The van der Waals surface area contributed by atoms with Gasteiger partial charge in [-0.2, -0.15) is 0 Å². The summed E-state index contributed by atoms with van der Waals surface area (Å²) in [6.07, 6.45) is 3.61. The molecule has 3 heteroatoms. The number of nitrogens with zero attached hydrogens (tertiary/aromatic N) is 1. The molecule has 0 aliphatic carbocycles. The number of benzene rings is 2. The Morgan fingerprint density at radius 1 is 0.773 bits per heavy atom. The van der Waals surface area contributed by atoms with Crippen molar-refractivity contribution in [1.29, 1.82) is 0 Å². The maximum Gasteiger partial charge on any atom is 0.119 e. The SMILES string of the molecule is c1ccc(COc2ccc(NCc3ccncc3)cc2)cc1. The maximum atomic E-state index is 5.77. The van der Waals surface area contributed by atoms with Crippen molar-refractivity contribution in [3.8, 4) is 5.75 Å². The van der Waals surface area contributed by atoms with Gasteiger partial charge in [-0.25, -0.2) is 0 Å². The summed E-state index contributed by atoms with van der Waals surface area (Å²) in [4.78, 5) is 4.01. The molecule has 110 valence electrons. The first-order chi connectivity index (χ1) is 10.9. The van der Waals surface area contributed by atoms with E-state index < -0.39 is 0 Å². The third-order valence-corrected chi connectivity index (χ3v) is 3.35. The standard InChI is InChI=1S/C19H18N2O/c1-2-4-17(5-3-1)15-22-19-8-6-18(7-9-19)21-14-16-10-12-20-13-11-16/h1-13,21H,14-15H2. The zero-order chi connectivity index (χ0) is 15.0. The molecule has 0 spiro atoms. The lowest BCUT2D eigenvalue weighted by molar-refractivity contribution is 0.306. The molecule has 0 saturated heterocycles. The number of hydrogen-bond acceptors (Lipinski definition) is 3. The fraction of sp³-hybridized carbons (Fsp3) is 0.105. The van der Waals surface area contributed by atoms with Crippen molar-refractivity contribution >= 4 is 5.69 Å². The number of rotatable bonds is 6. The highest BCUT2D eigenvalue weighted by atomic mass is 16.5. The van der Waals surface area contributed by atoms with Gasteiger partial charge in [-0.1, -0.05) is 30.3 Å². The van der Waals surface area contributed by atoms with E-state index in [1.54, 1.807) is 12.4 Å². The van der Waals surface area contributed by atoms with Crippen LogP contribution in [0.25, 0.3) is 0 Å². The van der Waals surface area contributed by atoms with E-state index in [4.69, 9.17) is 4.74 Å². The molecule has 0 amide bonds. The molecule has 22 heavy (non-hydrogen) atoms. The Labute approximate surface area is 130 Å². The molecule has 1 N–H and O–H groups in total. The van der Waals surface area contributed by atoms with Crippen LogP contribution in [0.4, 0.5) is 5.69 Å². The third-order valence-electron chi connectivity index (χ3n) is 3.35. The van der Waals surface area contributed by atoms with Gasteiger partial charge in [0.2, 0.25) is 0 Å². The van der Waals surface area contributed by atoms with Gasteiger partial charge >= 0.3 is 0 Å². The van der Waals surface area contributed by atoms with Crippen molar-refractivity contribution in [2.24, 2.45) is 0 Å². The van der Waals surface area contributed by atoms with Crippen molar-refractivity contribution in [1.82, 2.24) is 4.98 Å². The van der Waals surface area contributed by atoms with Crippen LogP contribution in [0.2, 0.25) is 0 Å². The third kappa shape index (κ3) is 4.09. The number of nitrogens with one attached hydrogen (secondary N) is 1. The van der Waals surface area contributed by atoms with Crippen LogP contribution in [0, 0.1) is 0 Å². The second-order valence-electron chi connectivity index (χ2n) is 5.01. The molecule has 0 bridgehead atoms. The lowest BCUT2D eigenvalue weighted by Crippen LogP contribution is -1.99. The maximum absolute atomic E-state index is 5.77. The molecule has 0 atom stereocenters. The van der Waals surface area contributed by atoms with Gasteiger partial charge in [0, 0.05) is 24.6 Å². The van der Waals surface area contributed by atoms with E-state index in [0.29, 0.717) is 6.61 Å². The Hall–Kier alpha value is -2.81. The van der Waals surface area contributed by atoms with Crippen LogP contribution in [0.15, 0.2) is 79.1 Å².